The molecule has 1 fully saturated rings. The number of nitrogens with zero attached hydrogens (tertiary/aromatic N) is 1. The van der Waals surface area contributed by atoms with E-state index in [0.29, 0.717) is 6.61 Å². The van der Waals surface area contributed by atoms with Gasteiger partial charge in [0.1, 0.15) is 0 Å². The van der Waals surface area contributed by atoms with Crippen molar-refractivity contribution in [1.29, 1.82) is 0 Å². The van der Waals surface area contributed by atoms with Gasteiger partial charge in [-0.05, 0) is 37.7 Å². The van der Waals surface area contributed by atoms with Gasteiger partial charge in [-0.1, -0.05) is 24.3 Å². The molecule has 1 aliphatic heterocycles. The Morgan fingerprint density at radius 3 is 2.81 bits per heavy atom. The van der Waals surface area contributed by atoms with Crippen LogP contribution in [0, 0.1) is 0 Å². The number of hydrogen-bond donors (Lipinski definition) is 0. The van der Waals surface area contributed by atoms with Gasteiger partial charge in [-0.25, -0.2) is 0 Å². The van der Waals surface area contributed by atoms with E-state index in [1.807, 2.05) is 12.1 Å². The molecule has 3 nitrogen and oxygen atoms in total. The van der Waals surface area contributed by atoms with Crippen molar-refractivity contribution in [3.8, 4) is 0 Å². The first-order valence-corrected chi connectivity index (χ1v) is 10.9. The normalized spacial score (nSPS) is 22.1. The zero-order valence-corrected chi connectivity index (χ0v) is 14.3. The molecule has 1 aliphatic rings. The highest BCUT2D eigenvalue weighted by Crippen LogP contribution is 2.21. The summed E-state index contributed by atoms with van der Waals surface area (Å²) in [7, 11) is -1.56. The third-order valence-electron chi connectivity index (χ3n) is 3.75. The molecule has 1 saturated heterocycles. The molecule has 0 amide bonds. The molecule has 0 radical (unpaired) electrons. The fraction of sp³-hybridized carbons (Fsp3) is 0.529. The van der Waals surface area contributed by atoms with Gasteiger partial charge in [0.15, 0.2) is 8.32 Å². The highest BCUT2D eigenvalue weighted by atomic mass is 28.4. The van der Waals surface area contributed by atoms with E-state index in [1.54, 1.807) is 0 Å². The molecule has 1 atom stereocenters. The van der Waals surface area contributed by atoms with Gasteiger partial charge in [-0.15, -0.1) is 6.58 Å². The molecule has 1 aromatic carbocycles. The minimum atomic E-state index is -1.56. The van der Waals surface area contributed by atoms with Crippen molar-refractivity contribution in [2.75, 3.05) is 31.2 Å². The number of anilines is 1. The summed E-state index contributed by atoms with van der Waals surface area (Å²) in [4.78, 5) is 2.31. The van der Waals surface area contributed by atoms with Crippen molar-refractivity contribution in [1.82, 2.24) is 0 Å². The van der Waals surface area contributed by atoms with Crippen molar-refractivity contribution < 1.29 is 9.16 Å². The minimum Gasteiger partial charge on any atom is -0.410 e. The minimum absolute atomic E-state index is 0.145. The Kier molecular flexibility index (Phi) is 6.03. The van der Waals surface area contributed by atoms with Gasteiger partial charge in [-0.3, -0.25) is 0 Å². The lowest BCUT2D eigenvalue weighted by atomic mass is 10.2. The van der Waals surface area contributed by atoms with E-state index in [2.05, 4.69) is 48.8 Å². The van der Waals surface area contributed by atoms with E-state index in [-0.39, 0.29) is 6.10 Å². The van der Waals surface area contributed by atoms with Crippen LogP contribution in [-0.2, 0) is 9.16 Å². The second kappa shape index (κ2) is 7.78. The highest BCUT2D eigenvalue weighted by Gasteiger charge is 2.29. The first-order valence-electron chi connectivity index (χ1n) is 7.77. The van der Waals surface area contributed by atoms with E-state index in [1.165, 1.54) is 11.7 Å². The van der Waals surface area contributed by atoms with E-state index in [4.69, 9.17) is 9.16 Å². The Bertz CT molecular complexity index is 436. The Morgan fingerprint density at radius 2 is 2.10 bits per heavy atom. The van der Waals surface area contributed by atoms with Crippen LogP contribution in [0.1, 0.15) is 6.42 Å². The molecular formula is C17H27NO2Si. The number of ether oxygens (including phenoxy) is 1. The van der Waals surface area contributed by atoms with Crippen LogP contribution in [0.5, 0.6) is 0 Å². The van der Waals surface area contributed by atoms with Crippen LogP contribution in [0.25, 0.3) is 0 Å². The molecule has 4 heteroatoms. The first-order chi connectivity index (χ1) is 10.1. The SMILES string of the molecule is C=CCN(CC1COCCC[Si](C)(C)O1)c1ccccc1. The molecule has 1 unspecified atom stereocenters. The number of benzene rings is 1. The quantitative estimate of drug-likeness (QED) is 0.612. The molecule has 1 heterocycles. The average Bonchev–Trinajstić information content (AvgIpc) is 2.45. The summed E-state index contributed by atoms with van der Waals surface area (Å²) in [5.41, 5.74) is 1.21. The molecule has 0 bridgehead atoms. The van der Waals surface area contributed by atoms with Crippen LogP contribution in [0.2, 0.25) is 19.1 Å². The second-order valence-corrected chi connectivity index (χ2v) is 10.5. The Morgan fingerprint density at radius 1 is 1.33 bits per heavy atom. The predicted molar refractivity (Wildman–Crippen MR) is 91.5 cm³/mol. The molecule has 0 aliphatic carbocycles. The fourth-order valence-electron chi connectivity index (χ4n) is 2.77. The van der Waals surface area contributed by atoms with Crippen LogP contribution in [0.3, 0.4) is 0 Å². The van der Waals surface area contributed by atoms with Crippen LogP contribution in [0.15, 0.2) is 43.0 Å². The molecule has 0 saturated carbocycles. The van der Waals surface area contributed by atoms with Gasteiger partial charge in [0.25, 0.3) is 0 Å². The van der Waals surface area contributed by atoms with Gasteiger partial charge in [0.2, 0.25) is 0 Å². The van der Waals surface area contributed by atoms with Gasteiger partial charge in [-0.2, -0.15) is 0 Å². The lowest BCUT2D eigenvalue weighted by Gasteiger charge is -2.35. The summed E-state index contributed by atoms with van der Waals surface area (Å²) in [5.74, 6) is 0. The van der Waals surface area contributed by atoms with Gasteiger partial charge < -0.3 is 14.1 Å². The number of rotatable bonds is 5. The predicted octanol–water partition coefficient (Wildman–Crippen LogP) is 3.69. The van der Waals surface area contributed by atoms with Crippen molar-refractivity contribution in [3.63, 3.8) is 0 Å². The lowest BCUT2D eigenvalue weighted by Crippen LogP contribution is -2.45. The summed E-state index contributed by atoms with van der Waals surface area (Å²) >= 11 is 0. The molecule has 1 aromatic rings. The summed E-state index contributed by atoms with van der Waals surface area (Å²) in [6, 6.07) is 11.6. The molecule has 2 rings (SSSR count). The molecule has 0 N–H and O–H groups in total. The van der Waals surface area contributed by atoms with Crippen LogP contribution >= 0.6 is 0 Å². The van der Waals surface area contributed by atoms with Crippen LogP contribution in [-0.4, -0.2) is 40.7 Å². The average molecular weight is 305 g/mol. The smallest absolute Gasteiger partial charge is 0.187 e. The lowest BCUT2D eigenvalue weighted by molar-refractivity contribution is 0.0392. The third kappa shape index (κ3) is 5.30. The van der Waals surface area contributed by atoms with E-state index in [0.717, 1.165) is 26.1 Å². The zero-order valence-electron chi connectivity index (χ0n) is 13.3. The van der Waals surface area contributed by atoms with Crippen molar-refractivity contribution in [3.05, 3.63) is 43.0 Å². The summed E-state index contributed by atoms with van der Waals surface area (Å²) in [5, 5.41) is 0. The fourth-order valence-corrected chi connectivity index (χ4v) is 4.93. The van der Waals surface area contributed by atoms with Crippen LogP contribution < -0.4 is 4.90 Å². The maximum absolute atomic E-state index is 6.42. The van der Waals surface area contributed by atoms with Gasteiger partial charge in [0, 0.05) is 25.4 Å². The molecule has 21 heavy (non-hydrogen) atoms. The zero-order chi connectivity index (χ0) is 15.1. The topological polar surface area (TPSA) is 21.7 Å². The Labute approximate surface area is 129 Å². The van der Waals surface area contributed by atoms with E-state index < -0.39 is 8.32 Å². The maximum atomic E-state index is 6.42. The van der Waals surface area contributed by atoms with Gasteiger partial charge in [0.05, 0.1) is 12.7 Å². The van der Waals surface area contributed by atoms with Gasteiger partial charge >= 0.3 is 0 Å². The number of hydrogen-bond acceptors (Lipinski definition) is 3. The van der Waals surface area contributed by atoms with E-state index >= 15 is 0 Å². The summed E-state index contributed by atoms with van der Waals surface area (Å²) in [6.45, 7) is 11.7. The molecule has 0 aromatic heterocycles. The summed E-state index contributed by atoms with van der Waals surface area (Å²) < 4.78 is 12.2. The highest BCUT2D eigenvalue weighted by molar-refractivity contribution is 6.71. The second-order valence-electron chi connectivity index (χ2n) is 6.21. The third-order valence-corrected chi connectivity index (χ3v) is 6.28. The van der Waals surface area contributed by atoms with Crippen molar-refractivity contribution in [2.24, 2.45) is 0 Å². The number of para-hydroxylation sites is 1. The summed E-state index contributed by atoms with van der Waals surface area (Å²) in [6.07, 6.45) is 3.22. The largest absolute Gasteiger partial charge is 0.410 e. The monoisotopic (exact) mass is 305 g/mol. The molecule has 116 valence electrons. The Hall–Kier alpha value is -1.10. The first kappa shape index (κ1) is 16.3. The van der Waals surface area contributed by atoms with Crippen molar-refractivity contribution in [2.45, 2.75) is 31.7 Å². The maximum Gasteiger partial charge on any atom is 0.187 e. The molecular weight excluding hydrogens is 278 g/mol. The standard InChI is InChI=1S/C17H27NO2Si/c1-4-11-18(16-9-6-5-7-10-16)14-17-15-19-12-8-13-21(2,3)20-17/h4-7,9-10,17H,1,8,11-15H2,2-3H3. The Balaban J connectivity index is 2.05. The van der Waals surface area contributed by atoms with Crippen LogP contribution in [0.4, 0.5) is 5.69 Å². The van der Waals surface area contributed by atoms with Crippen molar-refractivity contribution >= 4 is 14.0 Å². The molecule has 0 spiro atoms. The van der Waals surface area contributed by atoms with E-state index in [9.17, 15) is 0 Å².